The summed E-state index contributed by atoms with van der Waals surface area (Å²) in [6.07, 6.45) is 4.37. The molecule has 0 radical (unpaired) electrons. The van der Waals surface area contributed by atoms with Crippen LogP contribution in [-0.4, -0.2) is 47.7 Å². The number of carboxylic acids is 1. The number of nitrogens with one attached hydrogen (secondary N) is 1. The highest BCUT2D eigenvalue weighted by Crippen LogP contribution is 2.37. The molecule has 4 nitrogen and oxygen atoms in total. The molecule has 2 rings (SSSR count). The van der Waals surface area contributed by atoms with Gasteiger partial charge in [-0.2, -0.15) is 0 Å². The van der Waals surface area contributed by atoms with E-state index in [1.54, 1.807) is 0 Å². The summed E-state index contributed by atoms with van der Waals surface area (Å²) >= 11 is 0. The molecule has 1 aliphatic heterocycles. The van der Waals surface area contributed by atoms with E-state index in [9.17, 15) is 9.90 Å². The number of carboxylic acid groups (broad SMARTS) is 1. The third-order valence-electron chi connectivity index (χ3n) is 3.82. The number of carbonyl (C=O) groups is 1. The fraction of sp³-hybridized carbons (Fsp3) is 0.917. The van der Waals surface area contributed by atoms with Gasteiger partial charge in [0.05, 0.1) is 0 Å². The average Bonchev–Trinajstić information content (AvgIpc) is 3.10. The fourth-order valence-electron chi connectivity index (χ4n) is 2.85. The van der Waals surface area contributed by atoms with Gasteiger partial charge in [0.15, 0.2) is 0 Å². The van der Waals surface area contributed by atoms with Crippen molar-refractivity contribution >= 4 is 5.97 Å². The van der Waals surface area contributed by atoms with Gasteiger partial charge in [-0.15, -0.1) is 0 Å². The normalized spacial score (nSPS) is 24.6. The van der Waals surface area contributed by atoms with E-state index in [1.165, 1.54) is 0 Å². The largest absolute Gasteiger partial charge is 0.480 e. The summed E-state index contributed by atoms with van der Waals surface area (Å²) in [5, 5.41) is 12.7. The summed E-state index contributed by atoms with van der Waals surface area (Å²) in [6, 6.07) is 0.237. The Hall–Kier alpha value is -0.610. The van der Waals surface area contributed by atoms with Crippen LogP contribution in [0.2, 0.25) is 0 Å². The van der Waals surface area contributed by atoms with Crippen LogP contribution >= 0.6 is 0 Å². The smallest absolute Gasteiger partial charge is 0.321 e. The van der Waals surface area contributed by atoms with E-state index in [0.717, 1.165) is 45.3 Å². The van der Waals surface area contributed by atoms with E-state index in [2.05, 4.69) is 17.1 Å². The van der Waals surface area contributed by atoms with Gasteiger partial charge in [0.25, 0.3) is 0 Å². The fourth-order valence-corrected chi connectivity index (χ4v) is 2.85. The predicted octanol–water partition coefficient (Wildman–Crippen LogP) is 0.923. The molecule has 1 heterocycles. The maximum Gasteiger partial charge on any atom is 0.321 e. The molecule has 0 aromatic heterocycles. The first kappa shape index (κ1) is 11.9. The predicted molar refractivity (Wildman–Crippen MR) is 62.4 cm³/mol. The molecule has 1 atom stereocenters. The number of piperidine rings is 1. The van der Waals surface area contributed by atoms with Gasteiger partial charge in [-0.05, 0) is 51.2 Å². The molecule has 1 aliphatic carbocycles. The van der Waals surface area contributed by atoms with Gasteiger partial charge in [0.2, 0.25) is 0 Å². The number of hydrogen-bond acceptors (Lipinski definition) is 3. The van der Waals surface area contributed by atoms with Crippen LogP contribution in [0.25, 0.3) is 0 Å². The molecule has 92 valence electrons. The Kier molecular flexibility index (Phi) is 3.82. The van der Waals surface area contributed by atoms with Crippen LogP contribution < -0.4 is 5.32 Å². The highest BCUT2D eigenvalue weighted by atomic mass is 16.4. The lowest BCUT2D eigenvalue weighted by molar-refractivity contribution is -0.145. The van der Waals surface area contributed by atoms with Gasteiger partial charge >= 0.3 is 5.97 Å². The Bertz CT molecular complexity index is 247. The van der Waals surface area contributed by atoms with E-state index >= 15 is 0 Å². The van der Waals surface area contributed by atoms with Crippen molar-refractivity contribution in [3.8, 4) is 0 Å². The van der Waals surface area contributed by atoms with Gasteiger partial charge in [0, 0.05) is 6.04 Å². The summed E-state index contributed by atoms with van der Waals surface area (Å²) in [5.74, 6) is -0.213. The van der Waals surface area contributed by atoms with Gasteiger partial charge in [-0.3, -0.25) is 9.69 Å². The molecule has 0 aromatic carbocycles. The Morgan fingerprint density at radius 1 is 1.38 bits per heavy atom. The van der Waals surface area contributed by atoms with Crippen LogP contribution in [0.1, 0.15) is 32.6 Å². The van der Waals surface area contributed by atoms with Crippen molar-refractivity contribution < 1.29 is 9.90 Å². The second-order valence-electron chi connectivity index (χ2n) is 4.93. The second-order valence-corrected chi connectivity index (χ2v) is 4.93. The maximum atomic E-state index is 11.4. The molecule has 4 heteroatoms. The first-order chi connectivity index (χ1) is 7.74. The summed E-state index contributed by atoms with van der Waals surface area (Å²) < 4.78 is 0. The monoisotopic (exact) mass is 226 g/mol. The Morgan fingerprint density at radius 2 is 2.00 bits per heavy atom. The SMILES string of the molecule is CCN(C1CCNCC1)C(C(=O)O)C1CC1. The number of nitrogens with zero attached hydrogens (tertiary/aromatic N) is 1. The van der Waals surface area contributed by atoms with E-state index in [1.807, 2.05) is 0 Å². The molecule has 0 spiro atoms. The van der Waals surface area contributed by atoms with Crippen LogP contribution in [0, 0.1) is 5.92 Å². The molecule has 1 unspecified atom stereocenters. The van der Waals surface area contributed by atoms with Crippen molar-refractivity contribution in [2.45, 2.75) is 44.7 Å². The maximum absolute atomic E-state index is 11.4. The first-order valence-corrected chi connectivity index (χ1v) is 6.43. The number of likely N-dealkylation sites (N-methyl/N-ethyl adjacent to an activating group) is 1. The van der Waals surface area contributed by atoms with E-state index in [0.29, 0.717) is 12.0 Å². The van der Waals surface area contributed by atoms with Crippen molar-refractivity contribution in [2.75, 3.05) is 19.6 Å². The van der Waals surface area contributed by atoms with E-state index in [-0.39, 0.29) is 6.04 Å². The Morgan fingerprint density at radius 3 is 2.44 bits per heavy atom. The molecule has 0 aromatic rings. The van der Waals surface area contributed by atoms with E-state index in [4.69, 9.17) is 0 Å². The van der Waals surface area contributed by atoms with Crippen LogP contribution in [-0.2, 0) is 4.79 Å². The van der Waals surface area contributed by atoms with Crippen molar-refractivity contribution in [2.24, 2.45) is 5.92 Å². The van der Waals surface area contributed by atoms with E-state index < -0.39 is 5.97 Å². The van der Waals surface area contributed by atoms with Crippen LogP contribution in [0.3, 0.4) is 0 Å². The minimum absolute atomic E-state index is 0.229. The van der Waals surface area contributed by atoms with Gasteiger partial charge in [-0.25, -0.2) is 0 Å². The van der Waals surface area contributed by atoms with Gasteiger partial charge in [0.1, 0.15) is 6.04 Å². The first-order valence-electron chi connectivity index (χ1n) is 6.43. The number of rotatable bonds is 5. The minimum Gasteiger partial charge on any atom is -0.480 e. The summed E-state index contributed by atoms with van der Waals surface area (Å²) in [7, 11) is 0. The van der Waals surface area contributed by atoms with Crippen molar-refractivity contribution in [3.63, 3.8) is 0 Å². The standard InChI is InChI=1S/C12H22N2O2/c1-2-14(10-5-7-13-8-6-10)11(12(15)16)9-3-4-9/h9-11,13H,2-8H2,1H3,(H,15,16). The number of aliphatic carboxylic acids is 1. The number of hydrogen-bond donors (Lipinski definition) is 2. The zero-order chi connectivity index (χ0) is 11.5. The summed E-state index contributed by atoms with van der Waals surface area (Å²) in [4.78, 5) is 13.6. The summed E-state index contributed by atoms with van der Waals surface area (Å²) in [5.41, 5.74) is 0. The van der Waals surface area contributed by atoms with Crippen molar-refractivity contribution in [1.29, 1.82) is 0 Å². The molecule has 1 saturated carbocycles. The van der Waals surface area contributed by atoms with Crippen LogP contribution in [0.5, 0.6) is 0 Å². The van der Waals surface area contributed by atoms with Crippen molar-refractivity contribution in [3.05, 3.63) is 0 Å². The minimum atomic E-state index is -0.622. The lowest BCUT2D eigenvalue weighted by Gasteiger charge is -2.37. The molecule has 2 N–H and O–H groups in total. The Labute approximate surface area is 97.0 Å². The topological polar surface area (TPSA) is 52.6 Å². The van der Waals surface area contributed by atoms with Gasteiger partial charge < -0.3 is 10.4 Å². The summed E-state index contributed by atoms with van der Waals surface area (Å²) in [6.45, 7) is 4.99. The van der Waals surface area contributed by atoms with Crippen LogP contribution in [0.4, 0.5) is 0 Å². The van der Waals surface area contributed by atoms with Crippen LogP contribution in [0.15, 0.2) is 0 Å². The Balaban J connectivity index is 2.02. The lowest BCUT2D eigenvalue weighted by Crippen LogP contribution is -2.51. The zero-order valence-corrected chi connectivity index (χ0v) is 9.98. The third kappa shape index (κ3) is 2.55. The molecular formula is C12H22N2O2. The van der Waals surface area contributed by atoms with Crippen molar-refractivity contribution in [1.82, 2.24) is 10.2 Å². The quantitative estimate of drug-likeness (QED) is 0.732. The molecule has 2 aliphatic rings. The van der Waals surface area contributed by atoms with Gasteiger partial charge in [-0.1, -0.05) is 6.92 Å². The molecule has 2 fully saturated rings. The second kappa shape index (κ2) is 5.15. The zero-order valence-electron chi connectivity index (χ0n) is 9.98. The third-order valence-corrected chi connectivity index (χ3v) is 3.82. The molecule has 0 bridgehead atoms. The lowest BCUT2D eigenvalue weighted by atomic mass is 10.0. The highest BCUT2D eigenvalue weighted by Gasteiger charge is 2.42. The molecule has 1 saturated heterocycles. The molecule has 16 heavy (non-hydrogen) atoms. The molecular weight excluding hydrogens is 204 g/mol. The molecule has 0 amide bonds. The highest BCUT2D eigenvalue weighted by molar-refractivity contribution is 5.74. The average molecular weight is 226 g/mol.